The Balaban J connectivity index is 1.70. The van der Waals surface area contributed by atoms with Crippen LogP contribution in [-0.4, -0.2) is 30.7 Å². The van der Waals surface area contributed by atoms with Gasteiger partial charge in [0.2, 0.25) is 5.91 Å². The summed E-state index contributed by atoms with van der Waals surface area (Å²) >= 11 is 5.91. The van der Waals surface area contributed by atoms with Gasteiger partial charge in [-0.15, -0.1) is 5.10 Å². The number of halogens is 1. The first-order valence-corrected chi connectivity index (χ1v) is 7.93. The lowest BCUT2D eigenvalue weighted by Gasteiger charge is -2.02. The van der Waals surface area contributed by atoms with Gasteiger partial charge in [-0.3, -0.25) is 9.48 Å². The second-order valence-electron chi connectivity index (χ2n) is 5.33. The Morgan fingerprint density at radius 1 is 1.25 bits per heavy atom. The van der Waals surface area contributed by atoms with Crippen molar-refractivity contribution in [2.75, 3.05) is 5.32 Å². The fourth-order valence-corrected chi connectivity index (χ4v) is 2.46. The Bertz CT molecular complexity index is 852. The first-order chi connectivity index (χ1) is 11.5. The number of anilines is 1. The van der Waals surface area contributed by atoms with E-state index < -0.39 is 0 Å². The minimum Gasteiger partial charge on any atom is -0.306 e. The highest BCUT2D eigenvalue weighted by atomic mass is 35.5. The van der Waals surface area contributed by atoms with Crippen LogP contribution in [0.3, 0.4) is 0 Å². The van der Waals surface area contributed by atoms with Gasteiger partial charge >= 0.3 is 0 Å². The molecule has 124 valence electrons. The predicted molar refractivity (Wildman–Crippen MR) is 91.7 cm³/mol. The van der Waals surface area contributed by atoms with Gasteiger partial charge in [0, 0.05) is 16.8 Å². The van der Waals surface area contributed by atoms with Gasteiger partial charge < -0.3 is 5.32 Å². The number of aromatic nitrogens is 5. The zero-order chi connectivity index (χ0) is 17.1. The molecule has 2 aromatic heterocycles. The normalized spacial score (nSPS) is 10.8. The number of benzene rings is 1. The van der Waals surface area contributed by atoms with Crippen molar-refractivity contribution in [3.8, 4) is 11.3 Å². The Morgan fingerprint density at radius 3 is 2.67 bits per heavy atom. The minimum atomic E-state index is -0.205. The first-order valence-electron chi connectivity index (χ1n) is 7.55. The fraction of sp³-hybridized carbons (Fsp3) is 0.250. The maximum absolute atomic E-state index is 12.1. The van der Waals surface area contributed by atoms with Crippen molar-refractivity contribution in [2.24, 2.45) is 0 Å². The highest BCUT2D eigenvalue weighted by Crippen LogP contribution is 2.23. The molecule has 0 aliphatic heterocycles. The van der Waals surface area contributed by atoms with E-state index in [4.69, 9.17) is 11.6 Å². The van der Waals surface area contributed by atoms with Gasteiger partial charge in [-0.25, -0.2) is 0 Å². The van der Waals surface area contributed by atoms with Crippen molar-refractivity contribution in [1.82, 2.24) is 24.8 Å². The topological polar surface area (TPSA) is 77.6 Å². The summed E-state index contributed by atoms with van der Waals surface area (Å²) < 4.78 is 1.61. The van der Waals surface area contributed by atoms with Crippen LogP contribution in [0.2, 0.25) is 5.02 Å². The second-order valence-corrected chi connectivity index (χ2v) is 5.77. The molecule has 0 spiro atoms. The number of hydrogen-bond acceptors (Lipinski definition) is 4. The third-order valence-corrected chi connectivity index (χ3v) is 3.71. The highest BCUT2D eigenvalue weighted by Gasteiger charge is 2.11. The lowest BCUT2D eigenvalue weighted by molar-refractivity contribution is -0.116. The summed E-state index contributed by atoms with van der Waals surface area (Å²) in [5.74, 6) is 0.229. The van der Waals surface area contributed by atoms with E-state index in [0.29, 0.717) is 17.4 Å². The predicted octanol–water partition coefficient (Wildman–Crippen LogP) is 2.76. The molecule has 8 heteroatoms. The van der Waals surface area contributed by atoms with Crippen molar-refractivity contribution >= 4 is 23.3 Å². The van der Waals surface area contributed by atoms with E-state index in [1.165, 1.54) is 11.0 Å². The number of amides is 1. The molecule has 0 fully saturated rings. The molecular weight excluding hydrogens is 328 g/mol. The van der Waals surface area contributed by atoms with Gasteiger partial charge in [0.1, 0.15) is 6.54 Å². The minimum absolute atomic E-state index is 0.105. The van der Waals surface area contributed by atoms with Gasteiger partial charge in [0.05, 0.1) is 18.4 Å². The quantitative estimate of drug-likeness (QED) is 0.772. The molecule has 1 amide bonds. The van der Waals surface area contributed by atoms with Crippen LogP contribution >= 0.6 is 11.6 Å². The monoisotopic (exact) mass is 344 g/mol. The van der Waals surface area contributed by atoms with Crippen LogP contribution in [-0.2, 0) is 17.9 Å². The molecule has 0 bridgehead atoms. The fourth-order valence-electron chi connectivity index (χ4n) is 2.33. The van der Waals surface area contributed by atoms with Crippen molar-refractivity contribution in [3.63, 3.8) is 0 Å². The second kappa shape index (κ2) is 6.84. The van der Waals surface area contributed by atoms with Crippen LogP contribution < -0.4 is 5.32 Å². The molecule has 0 aliphatic rings. The van der Waals surface area contributed by atoms with E-state index in [2.05, 4.69) is 20.6 Å². The number of carbonyl (C=O) groups is 1. The van der Waals surface area contributed by atoms with E-state index in [9.17, 15) is 4.79 Å². The summed E-state index contributed by atoms with van der Waals surface area (Å²) in [5.41, 5.74) is 2.78. The maximum Gasteiger partial charge on any atom is 0.247 e. The lowest BCUT2D eigenvalue weighted by Crippen LogP contribution is -2.19. The summed E-state index contributed by atoms with van der Waals surface area (Å²) in [6, 6.07) is 7.45. The van der Waals surface area contributed by atoms with Crippen LogP contribution in [0, 0.1) is 6.92 Å². The molecule has 0 unspecified atom stereocenters. The van der Waals surface area contributed by atoms with Crippen LogP contribution in [0.1, 0.15) is 12.5 Å². The largest absolute Gasteiger partial charge is 0.306 e. The average Bonchev–Trinajstić information content (AvgIpc) is 3.14. The third-order valence-electron chi connectivity index (χ3n) is 3.45. The molecule has 3 aromatic rings. The highest BCUT2D eigenvalue weighted by molar-refractivity contribution is 6.30. The van der Waals surface area contributed by atoms with Crippen LogP contribution in [0.5, 0.6) is 0 Å². The Labute approximate surface area is 144 Å². The molecule has 2 heterocycles. The molecule has 1 N–H and O–H groups in total. The zero-order valence-electron chi connectivity index (χ0n) is 13.4. The summed E-state index contributed by atoms with van der Waals surface area (Å²) in [7, 11) is 0. The molecule has 0 aliphatic carbocycles. The van der Waals surface area contributed by atoms with Gasteiger partial charge in [-0.2, -0.15) is 15.0 Å². The standard InChI is InChI=1S/C16H17ClN6O/c1-3-23-18-8-14(20-23)19-15(24)10-22-9-11(2)16(21-22)12-4-6-13(17)7-5-12/h4-9H,3,10H2,1-2H3,(H,19,20,24). The van der Waals surface area contributed by atoms with Crippen molar-refractivity contribution in [2.45, 2.75) is 26.9 Å². The van der Waals surface area contributed by atoms with E-state index >= 15 is 0 Å². The summed E-state index contributed by atoms with van der Waals surface area (Å²) in [4.78, 5) is 13.6. The molecule has 3 rings (SSSR count). The van der Waals surface area contributed by atoms with Crippen LogP contribution in [0.25, 0.3) is 11.3 Å². The SMILES string of the molecule is CCn1ncc(NC(=O)Cn2cc(C)c(-c3ccc(Cl)cc3)n2)n1. The number of hydrogen-bond donors (Lipinski definition) is 1. The van der Waals surface area contributed by atoms with Gasteiger partial charge in [-0.1, -0.05) is 23.7 Å². The summed E-state index contributed by atoms with van der Waals surface area (Å²) in [6.07, 6.45) is 3.36. The molecule has 0 saturated heterocycles. The van der Waals surface area contributed by atoms with Crippen LogP contribution in [0.4, 0.5) is 5.82 Å². The van der Waals surface area contributed by atoms with E-state index in [1.807, 2.05) is 44.3 Å². The number of aryl methyl sites for hydroxylation is 2. The number of rotatable bonds is 5. The van der Waals surface area contributed by atoms with Gasteiger partial charge in [0.25, 0.3) is 0 Å². The van der Waals surface area contributed by atoms with Crippen molar-refractivity contribution in [3.05, 3.63) is 47.2 Å². The maximum atomic E-state index is 12.1. The van der Waals surface area contributed by atoms with E-state index in [0.717, 1.165) is 16.8 Å². The number of carbonyl (C=O) groups excluding carboxylic acids is 1. The average molecular weight is 345 g/mol. The number of nitrogens with zero attached hydrogens (tertiary/aromatic N) is 5. The molecule has 7 nitrogen and oxygen atoms in total. The van der Waals surface area contributed by atoms with Gasteiger partial charge in [-0.05, 0) is 31.5 Å². The Kier molecular flexibility index (Phi) is 4.61. The Hall–Kier alpha value is -2.67. The molecule has 0 saturated carbocycles. The number of nitrogens with one attached hydrogen (secondary N) is 1. The van der Waals surface area contributed by atoms with Crippen LogP contribution in [0.15, 0.2) is 36.7 Å². The summed E-state index contributed by atoms with van der Waals surface area (Å²) in [5, 5.41) is 16.0. The van der Waals surface area contributed by atoms with Crippen molar-refractivity contribution in [1.29, 1.82) is 0 Å². The molecule has 24 heavy (non-hydrogen) atoms. The molecular formula is C16H17ClN6O. The van der Waals surface area contributed by atoms with Crippen molar-refractivity contribution < 1.29 is 4.79 Å². The third kappa shape index (κ3) is 3.62. The van der Waals surface area contributed by atoms with Gasteiger partial charge in [0.15, 0.2) is 5.82 Å². The van der Waals surface area contributed by atoms with E-state index in [-0.39, 0.29) is 12.5 Å². The lowest BCUT2D eigenvalue weighted by atomic mass is 10.1. The molecule has 1 aromatic carbocycles. The smallest absolute Gasteiger partial charge is 0.247 e. The molecule has 0 radical (unpaired) electrons. The molecule has 0 atom stereocenters. The van der Waals surface area contributed by atoms with E-state index in [1.54, 1.807) is 4.68 Å². The zero-order valence-corrected chi connectivity index (χ0v) is 14.2. The summed E-state index contributed by atoms with van der Waals surface area (Å²) in [6.45, 7) is 4.64. The first kappa shape index (κ1) is 16.2. The Morgan fingerprint density at radius 2 is 2.00 bits per heavy atom.